The summed E-state index contributed by atoms with van der Waals surface area (Å²) < 4.78 is 4.88. The van der Waals surface area contributed by atoms with Gasteiger partial charge >= 0.3 is 0 Å². The third-order valence-corrected chi connectivity index (χ3v) is 2.30. The predicted octanol–water partition coefficient (Wildman–Crippen LogP) is 3.02. The van der Waals surface area contributed by atoms with Crippen molar-refractivity contribution in [3.05, 3.63) is 30.5 Å². The fraction of sp³-hybridized carbons (Fsp3) is 0.250. The Bertz CT molecular complexity index is 476. The van der Waals surface area contributed by atoms with Crippen molar-refractivity contribution >= 4 is 31.7 Å². The van der Waals surface area contributed by atoms with Gasteiger partial charge in [-0.2, -0.15) is 0 Å². The molecule has 0 amide bonds. The van der Waals surface area contributed by atoms with Crippen LogP contribution in [0.15, 0.2) is 30.5 Å². The van der Waals surface area contributed by atoms with Crippen molar-refractivity contribution in [2.75, 3.05) is 17.8 Å². The van der Waals surface area contributed by atoms with Gasteiger partial charge < -0.3 is 15.6 Å². The van der Waals surface area contributed by atoms with Crippen LogP contribution in [0.2, 0.25) is 0 Å². The number of fused-ring (bicyclic) bond motifs is 1. The van der Waals surface area contributed by atoms with Gasteiger partial charge in [0.1, 0.15) is 6.73 Å². The van der Waals surface area contributed by atoms with Crippen molar-refractivity contribution in [2.24, 2.45) is 0 Å². The molecule has 1 heterocycles. The van der Waals surface area contributed by atoms with Gasteiger partial charge in [-0.3, -0.25) is 4.98 Å². The van der Waals surface area contributed by atoms with Gasteiger partial charge in [-0.05, 0) is 6.07 Å². The molecule has 0 aliphatic rings. The first-order valence-corrected chi connectivity index (χ1v) is 5.99. The van der Waals surface area contributed by atoms with E-state index in [-0.39, 0.29) is 0 Å². The molecule has 0 saturated carbocycles. The van der Waals surface area contributed by atoms with E-state index >= 15 is 0 Å². The topological polar surface area (TPSA) is 60.2 Å². The SMILES string of the molecule is CC.Nc1cnc2ccccc2c1NCOP. The highest BCUT2D eigenvalue weighted by Crippen LogP contribution is 2.27. The van der Waals surface area contributed by atoms with Gasteiger partial charge in [0.25, 0.3) is 0 Å². The summed E-state index contributed by atoms with van der Waals surface area (Å²) in [7, 11) is 2.18. The second-order valence-corrected chi connectivity index (χ2v) is 3.43. The van der Waals surface area contributed by atoms with Crippen LogP contribution in [0, 0.1) is 0 Å². The average molecular weight is 251 g/mol. The highest BCUT2D eigenvalue weighted by atomic mass is 31.0. The van der Waals surface area contributed by atoms with Gasteiger partial charge in [-0.15, -0.1) is 0 Å². The van der Waals surface area contributed by atoms with E-state index in [2.05, 4.69) is 19.8 Å². The molecule has 0 radical (unpaired) electrons. The van der Waals surface area contributed by atoms with Gasteiger partial charge in [0, 0.05) is 14.9 Å². The number of rotatable bonds is 3. The van der Waals surface area contributed by atoms with E-state index < -0.39 is 0 Å². The lowest BCUT2D eigenvalue weighted by Crippen LogP contribution is -2.04. The summed E-state index contributed by atoms with van der Waals surface area (Å²) in [4.78, 5) is 4.24. The summed E-state index contributed by atoms with van der Waals surface area (Å²) in [5.74, 6) is 0. The zero-order valence-corrected chi connectivity index (χ0v) is 11.3. The van der Waals surface area contributed by atoms with Gasteiger partial charge in [0.05, 0.1) is 23.1 Å². The number of benzene rings is 1. The van der Waals surface area contributed by atoms with E-state index in [1.54, 1.807) is 6.20 Å². The standard InChI is InChI=1S/C10H12N3OP.C2H6/c11-8-5-12-9-4-2-1-3-7(9)10(8)13-6-14-15;1-2/h1-5H,6,11,15H2,(H,12,13);1-2H3. The smallest absolute Gasteiger partial charge is 0.119 e. The van der Waals surface area contributed by atoms with Crippen LogP contribution in [-0.4, -0.2) is 11.7 Å². The van der Waals surface area contributed by atoms with Crippen molar-refractivity contribution < 1.29 is 4.52 Å². The van der Waals surface area contributed by atoms with Crippen LogP contribution >= 0.6 is 9.47 Å². The molecule has 1 unspecified atom stereocenters. The van der Waals surface area contributed by atoms with E-state index in [1.807, 2.05) is 38.1 Å². The first-order valence-electron chi connectivity index (χ1n) is 5.51. The maximum Gasteiger partial charge on any atom is 0.119 e. The fourth-order valence-corrected chi connectivity index (χ4v) is 1.55. The van der Waals surface area contributed by atoms with Crippen LogP contribution in [0.3, 0.4) is 0 Å². The second-order valence-electron chi connectivity index (χ2n) is 3.09. The third kappa shape index (κ3) is 3.29. The molecule has 2 aromatic rings. The zero-order valence-electron chi connectivity index (χ0n) is 10.1. The van der Waals surface area contributed by atoms with E-state index in [9.17, 15) is 0 Å². The summed E-state index contributed by atoms with van der Waals surface area (Å²) in [5, 5.41) is 4.10. The van der Waals surface area contributed by atoms with Crippen molar-refractivity contribution in [1.82, 2.24) is 4.98 Å². The van der Waals surface area contributed by atoms with Crippen molar-refractivity contribution in [2.45, 2.75) is 13.8 Å². The maximum atomic E-state index is 5.84. The first kappa shape index (κ1) is 13.7. The number of nitrogens with two attached hydrogens (primary N) is 1. The van der Waals surface area contributed by atoms with Crippen LogP contribution in [-0.2, 0) is 4.52 Å². The van der Waals surface area contributed by atoms with E-state index in [1.165, 1.54) is 0 Å². The lowest BCUT2D eigenvalue weighted by Gasteiger charge is -2.10. The molecule has 4 nitrogen and oxygen atoms in total. The van der Waals surface area contributed by atoms with Crippen molar-refractivity contribution in [1.29, 1.82) is 0 Å². The Morgan fingerprint density at radius 2 is 2.06 bits per heavy atom. The minimum atomic E-state index is 0.392. The molecule has 0 bridgehead atoms. The molecule has 1 aromatic carbocycles. The molecule has 0 saturated heterocycles. The molecule has 0 fully saturated rings. The Balaban J connectivity index is 0.000000686. The molecule has 5 heteroatoms. The van der Waals surface area contributed by atoms with E-state index in [4.69, 9.17) is 10.3 Å². The Hall–Kier alpha value is -1.38. The van der Waals surface area contributed by atoms with Crippen LogP contribution in [0.25, 0.3) is 10.9 Å². The number of aromatic nitrogens is 1. The lowest BCUT2D eigenvalue weighted by molar-refractivity contribution is 0.408. The largest absolute Gasteiger partial charge is 0.396 e. The summed E-state index contributed by atoms with van der Waals surface area (Å²) in [5.41, 5.74) is 8.24. The van der Waals surface area contributed by atoms with Crippen molar-refractivity contribution in [3.63, 3.8) is 0 Å². The van der Waals surface area contributed by atoms with Gasteiger partial charge in [-0.25, -0.2) is 0 Å². The lowest BCUT2D eigenvalue weighted by atomic mass is 10.1. The van der Waals surface area contributed by atoms with Crippen LogP contribution in [0.5, 0.6) is 0 Å². The Morgan fingerprint density at radius 3 is 2.76 bits per heavy atom. The third-order valence-electron chi connectivity index (χ3n) is 2.14. The molecular formula is C12H18N3OP. The number of pyridine rings is 1. The number of anilines is 2. The highest BCUT2D eigenvalue weighted by Gasteiger charge is 2.04. The zero-order chi connectivity index (χ0) is 12.7. The predicted molar refractivity (Wildman–Crippen MR) is 76.8 cm³/mol. The summed E-state index contributed by atoms with van der Waals surface area (Å²) >= 11 is 0. The number of nitrogens with one attached hydrogen (secondary N) is 1. The van der Waals surface area contributed by atoms with Crippen LogP contribution in [0.4, 0.5) is 11.4 Å². The molecule has 2 rings (SSSR count). The monoisotopic (exact) mass is 251 g/mol. The molecule has 17 heavy (non-hydrogen) atoms. The minimum Gasteiger partial charge on any atom is -0.396 e. The molecule has 1 aromatic heterocycles. The maximum absolute atomic E-state index is 5.84. The molecule has 92 valence electrons. The molecule has 3 N–H and O–H groups in total. The molecule has 0 spiro atoms. The van der Waals surface area contributed by atoms with E-state index in [0.29, 0.717) is 12.4 Å². The van der Waals surface area contributed by atoms with Gasteiger partial charge in [-0.1, -0.05) is 32.0 Å². The van der Waals surface area contributed by atoms with Crippen molar-refractivity contribution in [3.8, 4) is 0 Å². The number of hydrogen-bond donors (Lipinski definition) is 2. The summed E-state index contributed by atoms with van der Waals surface area (Å²) in [6.07, 6.45) is 1.65. The fourth-order valence-electron chi connectivity index (χ4n) is 1.47. The summed E-state index contributed by atoms with van der Waals surface area (Å²) in [6.45, 7) is 4.39. The minimum absolute atomic E-state index is 0.392. The highest BCUT2D eigenvalue weighted by molar-refractivity contribution is 7.09. The van der Waals surface area contributed by atoms with Gasteiger partial charge in [0.2, 0.25) is 0 Å². The Labute approximate surface area is 104 Å². The quantitative estimate of drug-likeness (QED) is 0.650. The molecule has 0 aliphatic heterocycles. The number of hydrogen-bond acceptors (Lipinski definition) is 4. The normalized spacial score (nSPS) is 9.59. The molecular weight excluding hydrogens is 233 g/mol. The number of nitrogen functional groups attached to an aromatic ring is 1. The van der Waals surface area contributed by atoms with Crippen LogP contribution < -0.4 is 11.1 Å². The number of nitrogens with zero attached hydrogens (tertiary/aromatic N) is 1. The van der Waals surface area contributed by atoms with Gasteiger partial charge in [0.15, 0.2) is 0 Å². The Morgan fingerprint density at radius 1 is 1.35 bits per heavy atom. The molecule has 1 atom stereocenters. The van der Waals surface area contributed by atoms with E-state index in [0.717, 1.165) is 16.6 Å². The Kier molecular flexibility index (Phi) is 5.67. The van der Waals surface area contributed by atoms with Crippen LogP contribution in [0.1, 0.15) is 13.8 Å². The molecule has 0 aliphatic carbocycles. The number of para-hydroxylation sites is 1. The summed E-state index contributed by atoms with van der Waals surface area (Å²) in [6, 6.07) is 7.82. The first-order chi connectivity index (χ1) is 8.33. The average Bonchev–Trinajstić information content (AvgIpc) is 2.40. The second kappa shape index (κ2) is 7.05.